The molecule has 4 rings (SSSR count). The predicted octanol–water partition coefficient (Wildman–Crippen LogP) is 4.30. The van der Waals surface area contributed by atoms with Crippen molar-refractivity contribution in [2.24, 2.45) is 7.05 Å². The van der Waals surface area contributed by atoms with Crippen LogP contribution in [0.25, 0.3) is 11.1 Å². The van der Waals surface area contributed by atoms with Crippen LogP contribution in [0, 0.1) is 6.92 Å². The quantitative estimate of drug-likeness (QED) is 0.441. The van der Waals surface area contributed by atoms with Crippen molar-refractivity contribution in [3.8, 4) is 11.1 Å². The molecule has 1 unspecified atom stereocenters. The van der Waals surface area contributed by atoms with Crippen molar-refractivity contribution in [2.75, 3.05) is 11.9 Å². The van der Waals surface area contributed by atoms with Gasteiger partial charge in [0.05, 0.1) is 6.20 Å². The summed E-state index contributed by atoms with van der Waals surface area (Å²) in [6.45, 7) is 2.76. The lowest BCUT2D eigenvalue weighted by Gasteiger charge is -2.19. The summed E-state index contributed by atoms with van der Waals surface area (Å²) < 4.78 is 1.75. The van der Waals surface area contributed by atoms with Crippen LogP contribution < -0.4 is 10.6 Å². The number of rotatable bonds is 8. The van der Waals surface area contributed by atoms with Crippen LogP contribution in [0.1, 0.15) is 22.7 Å². The second-order valence-corrected chi connectivity index (χ2v) is 7.86. The number of aryl methyl sites for hydroxylation is 2. The molecular formula is C26H27N5O. The number of anilines is 1. The van der Waals surface area contributed by atoms with Crippen molar-refractivity contribution in [1.82, 2.24) is 20.1 Å². The molecule has 0 spiro atoms. The summed E-state index contributed by atoms with van der Waals surface area (Å²) >= 11 is 0. The number of carbonyl (C=O) groups is 1. The summed E-state index contributed by atoms with van der Waals surface area (Å²) in [6, 6.07) is 21.5. The van der Waals surface area contributed by atoms with Crippen molar-refractivity contribution in [3.63, 3.8) is 0 Å². The Bertz CT molecular complexity index is 1150. The maximum Gasteiger partial charge on any atom is 0.247 e. The molecule has 0 fully saturated rings. The molecule has 1 atom stereocenters. The van der Waals surface area contributed by atoms with Crippen molar-refractivity contribution >= 4 is 11.7 Å². The van der Waals surface area contributed by atoms with Crippen LogP contribution in [0.15, 0.2) is 85.3 Å². The summed E-state index contributed by atoms with van der Waals surface area (Å²) in [7, 11) is 1.88. The fraction of sp³-hybridized carbons (Fsp3) is 0.192. The highest BCUT2D eigenvalue weighted by Crippen LogP contribution is 2.20. The molecule has 6 heteroatoms. The Hall–Kier alpha value is -3.77. The zero-order chi connectivity index (χ0) is 22.3. The number of nitrogens with zero attached hydrogens (tertiary/aromatic N) is 3. The molecule has 0 bridgehead atoms. The molecule has 32 heavy (non-hydrogen) atoms. The molecule has 6 nitrogen and oxygen atoms in total. The van der Waals surface area contributed by atoms with E-state index >= 15 is 0 Å². The van der Waals surface area contributed by atoms with Crippen molar-refractivity contribution < 1.29 is 4.79 Å². The highest BCUT2D eigenvalue weighted by Gasteiger charge is 2.20. The third-order valence-electron chi connectivity index (χ3n) is 5.33. The molecule has 0 aliphatic heterocycles. The van der Waals surface area contributed by atoms with E-state index < -0.39 is 6.04 Å². The minimum absolute atomic E-state index is 0.137. The summed E-state index contributed by atoms with van der Waals surface area (Å²) in [6.07, 6.45) is 6.31. The van der Waals surface area contributed by atoms with E-state index in [9.17, 15) is 4.79 Å². The molecule has 2 heterocycles. The van der Waals surface area contributed by atoms with Gasteiger partial charge in [0.1, 0.15) is 11.9 Å². The first-order valence-electron chi connectivity index (χ1n) is 10.7. The fourth-order valence-electron chi connectivity index (χ4n) is 3.53. The monoisotopic (exact) mass is 425 g/mol. The standard InChI is InChI=1S/C26H27N5O/c1-19-8-10-20(11-9-19)14-15-27-25(21-6-4-3-5-7-21)26(32)30-24-13-12-22(16-28-24)23-17-29-31(2)18-23/h3-13,16-18,25,27H,14-15H2,1-2H3,(H,28,30,32). The lowest BCUT2D eigenvalue weighted by molar-refractivity contribution is -0.118. The Morgan fingerprint density at radius 3 is 2.41 bits per heavy atom. The average Bonchev–Trinajstić information content (AvgIpc) is 3.25. The maximum atomic E-state index is 13.1. The van der Waals surface area contributed by atoms with E-state index in [0.29, 0.717) is 12.4 Å². The van der Waals surface area contributed by atoms with Crippen LogP contribution in [0.5, 0.6) is 0 Å². The normalized spacial score (nSPS) is 11.8. The smallest absolute Gasteiger partial charge is 0.247 e. The number of benzene rings is 2. The van der Waals surface area contributed by atoms with Crippen molar-refractivity contribution in [2.45, 2.75) is 19.4 Å². The van der Waals surface area contributed by atoms with Gasteiger partial charge in [-0.3, -0.25) is 9.48 Å². The van der Waals surface area contributed by atoms with E-state index in [1.807, 2.05) is 55.7 Å². The molecule has 0 aliphatic rings. The number of carbonyl (C=O) groups excluding carboxylic acids is 1. The Labute approximate surface area is 188 Å². The number of pyridine rings is 1. The zero-order valence-corrected chi connectivity index (χ0v) is 18.3. The Morgan fingerprint density at radius 1 is 0.969 bits per heavy atom. The van der Waals surface area contributed by atoms with E-state index in [2.05, 4.69) is 51.9 Å². The van der Waals surface area contributed by atoms with Gasteiger partial charge >= 0.3 is 0 Å². The van der Waals surface area contributed by atoms with Gasteiger partial charge in [0.25, 0.3) is 0 Å². The third-order valence-corrected chi connectivity index (χ3v) is 5.33. The first-order chi connectivity index (χ1) is 15.6. The van der Waals surface area contributed by atoms with Gasteiger partial charge in [0, 0.05) is 37.1 Å². The van der Waals surface area contributed by atoms with Crippen LogP contribution in [0.4, 0.5) is 5.82 Å². The molecule has 2 aromatic carbocycles. The van der Waals surface area contributed by atoms with Gasteiger partial charge in [-0.15, -0.1) is 0 Å². The van der Waals surface area contributed by atoms with Gasteiger partial charge in [-0.1, -0.05) is 60.2 Å². The highest BCUT2D eigenvalue weighted by atomic mass is 16.2. The van der Waals surface area contributed by atoms with Gasteiger partial charge in [0.15, 0.2) is 0 Å². The lowest BCUT2D eigenvalue weighted by atomic mass is 10.1. The fourth-order valence-corrected chi connectivity index (χ4v) is 3.53. The Kier molecular flexibility index (Phi) is 6.72. The molecule has 2 N–H and O–H groups in total. The third kappa shape index (κ3) is 5.47. The molecular weight excluding hydrogens is 398 g/mol. The largest absolute Gasteiger partial charge is 0.309 e. The minimum atomic E-state index is -0.471. The summed E-state index contributed by atoms with van der Waals surface area (Å²) in [5.41, 5.74) is 5.33. The number of nitrogens with one attached hydrogen (secondary N) is 2. The van der Waals surface area contributed by atoms with Crippen molar-refractivity contribution in [1.29, 1.82) is 0 Å². The maximum absolute atomic E-state index is 13.1. The second kappa shape index (κ2) is 10.0. The van der Waals surface area contributed by atoms with Gasteiger partial charge in [-0.2, -0.15) is 5.10 Å². The second-order valence-electron chi connectivity index (χ2n) is 7.86. The van der Waals surface area contributed by atoms with Crippen LogP contribution in [-0.2, 0) is 18.3 Å². The van der Waals surface area contributed by atoms with E-state index in [1.54, 1.807) is 17.1 Å². The van der Waals surface area contributed by atoms with E-state index in [-0.39, 0.29) is 5.91 Å². The summed E-state index contributed by atoms with van der Waals surface area (Å²) in [4.78, 5) is 17.6. The average molecular weight is 426 g/mol. The van der Waals surface area contributed by atoms with E-state index in [0.717, 1.165) is 23.1 Å². The van der Waals surface area contributed by atoms with Gasteiger partial charge in [-0.05, 0) is 36.6 Å². The van der Waals surface area contributed by atoms with Crippen LogP contribution >= 0.6 is 0 Å². The van der Waals surface area contributed by atoms with E-state index in [1.165, 1.54) is 11.1 Å². The zero-order valence-electron chi connectivity index (χ0n) is 18.3. The first-order valence-corrected chi connectivity index (χ1v) is 10.7. The molecule has 0 saturated carbocycles. The van der Waals surface area contributed by atoms with E-state index in [4.69, 9.17) is 0 Å². The number of amides is 1. The molecule has 1 amide bonds. The number of aromatic nitrogens is 3. The Morgan fingerprint density at radius 2 is 1.75 bits per heavy atom. The SMILES string of the molecule is Cc1ccc(CCNC(C(=O)Nc2ccc(-c3cnn(C)c3)cn2)c2ccccc2)cc1. The van der Waals surface area contributed by atoms with Gasteiger partial charge < -0.3 is 10.6 Å². The molecule has 162 valence electrons. The topological polar surface area (TPSA) is 71.8 Å². The highest BCUT2D eigenvalue weighted by molar-refractivity contribution is 5.94. The minimum Gasteiger partial charge on any atom is -0.309 e. The van der Waals surface area contributed by atoms with Crippen LogP contribution in [0.2, 0.25) is 0 Å². The number of hydrogen-bond acceptors (Lipinski definition) is 4. The van der Waals surface area contributed by atoms with Crippen molar-refractivity contribution in [3.05, 3.63) is 102 Å². The van der Waals surface area contributed by atoms with Crippen LogP contribution in [0.3, 0.4) is 0 Å². The van der Waals surface area contributed by atoms with Gasteiger partial charge in [0.2, 0.25) is 5.91 Å². The molecule has 0 saturated heterocycles. The molecule has 2 aromatic heterocycles. The lowest BCUT2D eigenvalue weighted by Crippen LogP contribution is -2.34. The molecule has 0 radical (unpaired) electrons. The molecule has 0 aliphatic carbocycles. The summed E-state index contributed by atoms with van der Waals surface area (Å²) in [5.74, 6) is 0.380. The first kappa shape index (κ1) is 21.5. The van der Waals surface area contributed by atoms with Gasteiger partial charge in [-0.25, -0.2) is 4.98 Å². The Balaban J connectivity index is 1.43. The number of hydrogen-bond donors (Lipinski definition) is 2. The predicted molar refractivity (Wildman–Crippen MR) is 127 cm³/mol. The summed E-state index contributed by atoms with van der Waals surface area (Å²) in [5, 5.41) is 10.5. The molecule has 4 aromatic rings. The van der Waals surface area contributed by atoms with Crippen LogP contribution in [-0.4, -0.2) is 27.2 Å².